The number of rotatable bonds is 4. The highest BCUT2D eigenvalue weighted by atomic mass is 32.2. The minimum atomic E-state index is -3.54. The molecule has 1 saturated heterocycles. The van der Waals surface area contributed by atoms with Crippen molar-refractivity contribution in [2.24, 2.45) is 5.92 Å². The first-order valence-electron chi connectivity index (χ1n) is 8.05. The molecule has 23 heavy (non-hydrogen) atoms. The van der Waals surface area contributed by atoms with Crippen LogP contribution in [0, 0.1) is 12.8 Å². The van der Waals surface area contributed by atoms with Crippen molar-refractivity contribution in [3.8, 4) is 0 Å². The summed E-state index contributed by atoms with van der Waals surface area (Å²) < 4.78 is 25.8. The molecule has 0 saturated carbocycles. The van der Waals surface area contributed by atoms with Crippen LogP contribution in [0.1, 0.15) is 32.3 Å². The van der Waals surface area contributed by atoms with Crippen molar-refractivity contribution in [3.63, 3.8) is 0 Å². The number of hydrogen-bond acceptors (Lipinski definition) is 3. The Hall–Kier alpha value is -1.56. The molecule has 0 spiro atoms. The second kappa shape index (κ2) is 6.91. The molecule has 1 aromatic rings. The third kappa shape index (κ3) is 4.25. The van der Waals surface area contributed by atoms with Crippen LogP contribution in [0.25, 0.3) is 0 Å². The number of carbonyl (C=O) groups is 1. The van der Waals surface area contributed by atoms with Crippen molar-refractivity contribution < 1.29 is 13.2 Å². The van der Waals surface area contributed by atoms with Gasteiger partial charge < -0.3 is 4.90 Å². The first-order chi connectivity index (χ1) is 10.7. The highest BCUT2D eigenvalue weighted by Crippen LogP contribution is 2.24. The minimum absolute atomic E-state index is 0.121. The number of aryl methyl sites for hydroxylation is 1. The Morgan fingerprint density at radius 2 is 1.91 bits per heavy atom. The molecule has 1 unspecified atom stereocenters. The molecule has 1 atom stereocenters. The summed E-state index contributed by atoms with van der Waals surface area (Å²) in [7, 11) is -3.54. The molecular formula is C17H26N2O3S. The van der Waals surface area contributed by atoms with Gasteiger partial charge in [-0.2, -0.15) is 0 Å². The van der Waals surface area contributed by atoms with E-state index in [2.05, 4.69) is 6.92 Å². The topological polar surface area (TPSA) is 57.7 Å². The summed E-state index contributed by atoms with van der Waals surface area (Å²) >= 11 is 0. The van der Waals surface area contributed by atoms with Gasteiger partial charge in [0, 0.05) is 13.1 Å². The van der Waals surface area contributed by atoms with Gasteiger partial charge in [-0.15, -0.1) is 0 Å². The van der Waals surface area contributed by atoms with E-state index in [1.807, 2.05) is 19.1 Å². The Bertz CT molecular complexity index is 664. The van der Waals surface area contributed by atoms with Crippen molar-refractivity contribution >= 4 is 21.6 Å². The highest BCUT2D eigenvalue weighted by molar-refractivity contribution is 7.92. The van der Waals surface area contributed by atoms with Crippen LogP contribution in [0.4, 0.5) is 5.69 Å². The van der Waals surface area contributed by atoms with Crippen molar-refractivity contribution in [2.75, 3.05) is 23.7 Å². The molecule has 1 amide bonds. The lowest BCUT2D eigenvalue weighted by atomic mass is 9.99. The van der Waals surface area contributed by atoms with Gasteiger partial charge in [0.25, 0.3) is 0 Å². The lowest BCUT2D eigenvalue weighted by Gasteiger charge is -2.36. The molecule has 0 N–H and O–H groups in total. The third-order valence-corrected chi connectivity index (χ3v) is 5.66. The molecule has 0 aliphatic carbocycles. The van der Waals surface area contributed by atoms with Gasteiger partial charge in [0.15, 0.2) is 0 Å². The number of amides is 1. The zero-order valence-corrected chi connectivity index (χ0v) is 15.1. The van der Waals surface area contributed by atoms with E-state index in [0.717, 1.165) is 24.7 Å². The van der Waals surface area contributed by atoms with Gasteiger partial charge in [-0.05, 0) is 50.3 Å². The molecule has 1 aliphatic rings. The molecule has 0 bridgehead atoms. The molecule has 1 heterocycles. The molecule has 6 heteroatoms. The van der Waals surface area contributed by atoms with Gasteiger partial charge in [-0.1, -0.05) is 19.1 Å². The number of hydrogen-bond donors (Lipinski definition) is 0. The molecule has 0 aromatic heterocycles. The quantitative estimate of drug-likeness (QED) is 0.847. The molecule has 5 nitrogen and oxygen atoms in total. The summed E-state index contributed by atoms with van der Waals surface area (Å²) in [5.74, 6) is 0.501. The monoisotopic (exact) mass is 338 g/mol. The second-order valence-corrected chi connectivity index (χ2v) is 8.44. The number of carbonyl (C=O) groups excluding carboxylic acids is 1. The highest BCUT2D eigenvalue weighted by Gasteiger charge is 2.33. The van der Waals surface area contributed by atoms with Gasteiger partial charge in [0.2, 0.25) is 15.9 Å². The first-order valence-corrected chi connectivity index (χ1v) is 9.90. The van der Waals surface area contributed by atoms with Crippen LogP contribution < -0.4 is 4.31 Å². The van der Waals surface area contributed by atoms with Crippen molar-refractivity contribution in [2.45, 2.75) is 39.7 Å². The number of piperidine rings is 1. The number of nitrogens with zero attached hydrogens (tertiary/aromatic N) is 2. The zero-order chi connectivity index (χ0) is 17.2. The SMILES string of the molecule is Cc1cccc(N(C(C)C(=O)N2CCC(C)CC2)S(C)(=O)=O)c1. The van der Waals surface area contributed by atoms with Crippen molar-refractivity contribution in [1.82, 2.24) is 4.90 Å². The molecule has 1 fully saturated rings. The Morgan fingerprint density at radius 3 is 2.43 bits per heavy atom. The summed E-state index contributed by atoms with van der Waals surface area (Å²) in [5.41, 5.74) is 1.50. The molecule has 1 aromatic carbocycles. The fraction of sp³-hybridized carbons (Fsp3) is 0.588. The molecule has 128 valence electrons. The summed E-state index contributed by atoms with van der Waals surface area (Å²) in [5, 5.41) is 0. The number of likely N-dealkylation sites (tertiary alicyclic amines) is 1. The number of anilines is 1. The van der Waals surface area contributed by atoms with Crippen LogP contribution in [-0.4, -0.2) is 44.6 Å². The van der Waals surface area contributed by atoms with E-state index in [1.165, 1.54) is 4.31 Å². The molecule has 0 radical (unpaired) electrons. The lowest BCUT2D eigenvalue weighted by Crippen LogP contribution is -2.51. The fourth-order valence-electron chi connectivity index (χ4n) is 3.06. The van der Waals surface area contributed by atoms with Gasteiger partial charge in [-0.25, -0.2) is 8.42 Å². The molecule has 2 rings (SSSR count). The van der Waals surface area contributed by atoms with Gasteiger partial charge in [0.05, 0.1) is 11.9 Å². The van der Waals surface area contributed by atoms with Crippen LogP contribution in [0.3, 0.4) is 0 Å². The minimum Gasteiger partial charge on any atom is -0.341 e. The van der Waals surface area contributed by atoms with Crippen molar-refractivity contribution in [3.05, 3.63) is 29.8 Å². The van der Waals surface area contributed by atoms with E-state index in [1.54, 1.807) is 24.0 Å². The Balaban J connectivity index is 2.27. The van der Waals surface area contributed by atoms with Crippen LogP contribution in [0.5, 0.6) is 0 Å². The van der Waals surface area contributed by atoms with Crippen LogP contribution in [0.2, 0.25) is 0 Å². The first kappa shape index (κ1) is 17.8. The van der Waals surface area contributed by atoms with Crippen molar-refractivity contribution in [1.29, 1.82) is 0 Å². The maximum Gasteiger partial charge on any atom is 0.246 e. The van der Waals surface area contributed by atoms with Gasteiger partial charge in [0.1, 0.15) is 6.04 Å². The Kier molecular flexibility index (Phi) is 5.34. The predicted octanol–water partition coefficient (Wildman–Crippen LogP) is 2.41. The van der Waals surface area contributed by atoms with E-state index in [-0.39, 0.29) is 5.91 Å². The normalized spacial score (nSPS) is 17.8. The maximum atomic E-state index is 12.8. The van der Waals surface area contributed by atoms with E-state index in [0.29, 0.717) is 24.7 Å². The summed E-state index contributed by atoms with van der Waals surface area (Å²) in [4.78, 5) is 14.6. The number of sulfonamides is 1. The molecular weight excluding hydrogens is 312 g/mol. The zero-order valence-electron chi connectivity index (χ0n) is 14.3. The van der Waals surface area contributed by atoms with E-state index in [9.17, 15) is 13.2 Å². The summed E-state index contributed by atoms with van der Waals surface area (Å²) in [6, 6.07) is 6.50. The van der Waals surface area contributed by atoms with Gasteiger partial charge in [-0.3, -0.25) is 9.10 Å². The lowest BCUT2D eigenvalue weighted by molar-refractivity contribution is -0.133. The third-order valence-electron chi connectivity index (χ3n) is 4.42. The smallest absolute Gasteiger partial charge is 0.246 e. The average Bonchev–Trinajstić information content (AvgIpc) is 2.46. The van der Waals surface area contributed by atoms with Crippen LogP contribution in [-0.2, 0) is 14.8 Å². The number of benzene rings is 1. The van der Waals surface area contributed by atoms with Gasteiger partial charge >= 0.3 is 0 Å². The maximum absolute atomic E-state index is 12.8. The molecule has 1 aliphatic heterocycles. The summed E-state index contributed by atoms with van der Waals surface area (Å²) in [6.45, 7) is 7.17. The van der Waals surface area contributed by atoms with E-state index < -0.39 is 16.1 Å². The standard InChI is InChI=1S/C17H26N2O3S/c1-13-8-10-18(11-9-13)17(20)15(3)19(23(4,21)22)16-7-5-6-14(2)12-16/h5-7,12-13,15H,8-11H2,1-4H3. The largest absolute Gasteiger partial charge is 0.341 e. The van der Waals surface area contributed by atoms with E-state index in [4.69, 9.17) is 0 Å². The fourth-order valence-corrected chi connectivity index (χ4v) is 4.22. The average molecular weight is 338 g/mol. The van der Waals surface area contributed by atoms with Crippen LogP contribution in [0.15, 0.2) is 24.3 Å². The second-order valence-electron chi connectivity index (χ2n) is 6.58. The van der Waals surface area contributed by atoms with Crippen LogP contribution >= 0.6 is 0 Å². The summed E-state index contributed by atoms with van der Waals surface area (Å²) in [6.07, 6.45) is 3.10. The Labute approximate surface area is 139 Å². The van der Waals surface area contributed by atoms with E-state index >= 15 is 0 Å². The predicted molar refractivity (Wildman–Crippen MR) is 92.9 cm³/mol. The Morgan fingerprint density at radius 1 is 1.30 bits per heavy atom.